The van der Waals surface area contributed by atoms with Crippen molar-refractivity contribution in [1.82, 2.24) is 9.80 Å². The molecule has 4 rings (SSSR count). The van der Waals surface area contributed by atoms with Crippen LogP contribution >= 0.6 is 0 Å². The smallest absolute Gasteiger partial charge is 0.255 e. The van der Waals surface area contributed by atoms with E-state index in [0.717, 1.165) is 16.7 Å². The first kappa shape index (κ1) is 19.0. The number of benzene rings is 3. The Morgan fingerprint density at radius 2 is 1.34 bits per heavy atom. The number of hydrogen-bond donors (Lipinski definition) is 2. The Labute approximate surface area is 170 Å². The summed E-state index contributed by atoms with van der Waals surface area (Å²) in [4.78, 5) is 17.5. The number of phenols is 2. The van der Waals surface area contributed by atoms with Gasteiger partial charge in [-0.15, -0.1) is 0 Å². The van der Waals surface area contributed by atoms with Crippen LogP contribution in [-0.2, 0) is 5.54 Å². The summed E-state index contributed by atoms with van der Waals surface area (Å²) in [5.41, 5.74) is 2.51. The molecular formula is C24H24N2O3. The first-order chi connectivity index (χ1) is 13.9. The molecule has 0 saturated carbocycles. The minimum atomic E-state index is -0.842. The molecule has 0 bridgehead atoms. The van der Waals surface area contributed by atoms with Gasteiger partial charge in [-0.25, -0.2) is 0 Å². The van der Waals surface area contributed by atoms with Crippen molar-refractivity contribution in [1.29, 1.82) is 0 Å². The number of rotatable bonds is 5. The lowest BCUT2D eigenvalue weighted by molar-refractivity contribution is 0.0661. The molecule has 3 aromatic rings. The second-order valence-corrected chi connectivity index (χ2v) is 7.61. The molecule has 1 heterocycles. The van der Waals surface area contributed by atoms with E-state index in [2.05, 4.69) is 4.90 Å². The molecule has 5 heteroatoms. The highest BCUT2D eigenvalue weighted by Gasteiger charge is 2.51. The minimum absolute atomic E-state index is 0.0244. The van der Waals surface area contributed by atoms with Gasteiger partial charge >= 0.3 is 0 Å². The highest BCUT2D eigenvalue weighted by molar-refractivity contribution is 6.01. The highest BCUT2D eigenvalue weighted by Crippen LogP contribution is 2.49. The number of fused-ring (bicyclic) bond motifs is 1. The van der Waals surface area contributed by atoms with Crippen LogP contribution in [0, 0.1) is 0 Å². The van der Waals surface area contributed by atoms with Crippen LogP contribution in [0.25, 0.3) is 0 Å². The van der Waals surface area contributed by atoms with Crippen molar-refractivity contribution in [3.8, 4) is 11.5 Å². The number of amides is 1. The fraction of sp³-hybridized carbons (Fsp3) is 0.208. The van der Waals surface area contributed by atoms with E-state index in [1.165, 1.54) is 0 Å². The van der Waals surface area contributed by atoms with E-state index in [4.69, 9.17) is 0 Å². The number of hydrogen-bond acceptors (Lipinski definition) is 4. The molecule has 1 aliphatic heterocycles. The Morgan fingerprint density at radius 1 is 0.828 bits per heavy atom. The number of nitrogens with zero attached hydrogens (tertiary/aromatic N) is 2. The second kappa shape index (κ2) is 7.26. The summed E-state index contributed by atoms with van der Waals surface area (Å²) >= 11 is 0. The average Bonchev–Trinajstić information content (AvgIpc) is 2.97. The van der Waals surface area contributed by atoms with E-state index < -0.39 is 5.54 Å². The lowest BCUT2D eigenvalue weighted by Crippen LogP contribution is -2.48. The first-order valence-electron chi connectivity index (χ1n) is 9.60. The van der Waals surface area contributed by atoms with Crippen LogP contribution in [0.2, 0.25) is 0 Å². The molecule has 0 aliphatic carbocycles. The molecule has 29 heavy (non-hydrogen) atoms. The molecule has 1 amide bonds. The standard InChI is InChI=1S/C24H24N2O3/c1-25(2)15-16-26-23(29)21-5-3-4-6-22(21)24(26,17-7-11-19(27)12-8-17)18-9-13-20(28)14-10-18/h3-14,27-28H,15-16H2,1-2H3. The van der Waals surface area contributed by atoms with Gasteiger partial charge < -0.3 is 20.0 Å². The highest BCUT2D eigenvalue weighted by atomic mass is 16.3. The maximum Gasteiger partial charge on any atom is 0.255 e. The quantitative estimate of drug-likeness (QED) is 0.703. The predicted molar refractivity (Wildman–Crippen MR) is 112 cm³/mol. The molecule has 5 nitrogen and oxygen atoms in total. The van der Waals surface area contributed by atoms with Crippen molar-refractivity contribution in [2.24, 2.45) is 0 Å². The van der Waals surface area contributed by atoms with Gasteiger partial charge in [0.25, 0.3) is 5.91 Å². The number of carbonyl (C=O) groups is 1. The molecule has 1 aliphatic rings. The first-order valence-corrected chi connectivity index (χ1v) is 9.60. The van der Waals surface area contributed by atoms with E-state index in [0.29, 0.717) is 18.7 Å². The van der Waals surface area contributed by atoms with Crippen LogP contribution in [0.5, 0.6) is 11.5 Å². The fourth-order valence-electron chi connectivity index (χ4n) is 4.19. The van der Waals surface area contributed by atoms with Gasteiger partial charge in [0.2, 0.25) is 0 Å². The van der Waals surface area contributed by atoms with Gasteiger partial charge in [-0.1, -0.05) is 42.5 Å². The van der Waals surface area contributed by atoms with Crippen molar-refractivity contribution < 1.29 is 15.0 Å². The Bertz CT molecular complexity index is 981. The Morgan fingerprint density at radius 3 is 1.86 bits per heavy atom. The molecule has 2 N–H and O–H groups in total. The SMILES string of the molecule is CN(C)CCN1C(=O)c2ccccc2C1(c1ccc(O)cc1)c1ccc(O)cc1. The fourth-order valence-corrected chi connectivity index (χ4v) is 4.19. The zero-order chi connectivity index (χ0) is 20.6. The third-order valence-electron chi connectivity index (χ3n) is 5.54. The van der Waals surface area contributed by atoms with Crippen LogP contribution in [0.4, 0.5) is 0 Å². The Kier molecular flexibility index (Phi) is 4.76. The summed E-state index contributed by atoms with van der Waals surface area (Å²) in [6.07, 6.45) is 0. The minimum Gasteiger partial charge on any atom is -0.508 e. The zero-order valence-electron chi connectivity index (χ0n) is 16.5. The largest absolute Gasteiger partial charge is 0.508 e. The van der Waals surface area contributed by atoms with Gasteiger partial charge in [0.1, 0.15) is 17.0 Å². The zero-order valence-corrected chi connectivity index (χ0v) is 16.5. The maximum atomic E-state index is 13.5. The average molecular weight is 388 g/mol. The number of carbonyl (C=O) groups excluding carboxylic acids is 1. The molecule has 0 aromatic heterocycles. The van der Waals surface area contributed by atoms with Gasteiger partial charge in [0.15, 0.2) is 0 Å². The molecule has 3 aromatic carbocycles. The lowest BCUT2D eigenvalue weighted by Gasteiger charge is -2.41. The molecule has 148 valence electrons. The summed E-state index contributed by atoms with van der Waals surface area (Å²) < 4.78 is 0. The van der Waals surface area contributed by atoms with E-state index in [-0.39, 0.29) is 17.4 Å². The lowest BCUT2D eigenvalue weighted by atomic mass is 9.77. The monoisotopic (exact) mass is 388 g/mol. The van der Waals surface area contributed by atoms with Crippen LogP contribution in [-0.4, -0.2) is 53.1 Å². The maximum absolute atomic E-state index is 13.5. The van der Waals surface area contributed by atoms with Crippen molar-refractivity contribution in [2.75, 3.05) is 27.2 Å². The molecule has 0 fully saturated rings. The number of likely N-dealkylation sites (N-methyl/N-ethyl adjacent to an activating group) is 1. The van der Waals surface area contributed by atoms with Crippen molar-refractivity contribution in [3.63, 3.8) is 0 Å². The van der Waals surface area contributed by atoms with Crippen LogP contribution in [0.1, 0.15) is 27.0 Å². The summed E-state index contributed by atoms with van der Waals surface area (Å²) in [6, 6.07) is 21.7. The van der Waals surface area contributed by atoms with Gasteiger partial charge in [-0.2, -0.15) is 0 Å². The third kappa shape index (κ3) is 3.04. The summed E-state index contributed by atoms with van der Waals surface area (Å²) in [6.45, 7) is 1.24. The van der Waals surface area contributed by atoms with Gasteiger partial charge in [0, 0.05) is 18.7 Å². The van der Waals surface area contributed by atoms with Crippen molar-refractivity contribution in [3.05, 3.63) is 95.1 Å². The summed E-state index contributed by atoms with van der Waals surface area (Å²) in [7, 11) is 3.97. The number of aromatic hydroxyl groups is 2. The Balaban J connectivity index is 2.03. The van der Waals surface area contributed by atoms with Gasteiger partial charge in [0.05, 0.1) is 0 Å². The second-order valence-electron chi connectivity index (χ2n) is 7.61. The molecule has 0 unspecified atom stereocenters. The van der Waals surface area contributed by atoms with Gasteiger partial charge in [-0.05, 0) is 61.1 Å². The Hall–Kier alpha value is -3.31. The van der Waals surface area contributed by atoms with Crippen LogP contribution < -0.4 is 0 Å². The van der Waals surface area contributed by atoms with Gasteiger partial charge in [-0.3, -0.25) is 4.79 Å². The molecule has 0 spiro atoms. The van der Waals surface area contributed by atoms with Crippen molar-refractivity contribution in [2.45, 2.75) is 5.54 Å². The molecule has 0 saturated heterocycles. The van der Waals surface area contributed by atoms with Crippen LogP contribution in [0.3, 0.4) is 0 Å². The van der Waals surface area contributed by atoms with Crippen LogP contribution in [0.15, 0.2) is 72.8 Å². The normalized spacial score (nSPS) is 15.0. The van der Waals surface area contributed by atoms with E-state index in [1.807, 2.05) is 67.5 Å². The number of phenolic OH excluding ortho intramolecular Hbond substituents is 2. The topological polar surface area (TPSA) is 64.0 Å². The summed E-state index contributed by atoms with van der Waals surface area (Å²) in [5, 5.41) is 19.7. The van der Waals surface area contributed by atoms with E-state index >= 15 is 0 Å². The predicted octanol–water partition coefficient (Wildman–Crippen LogP) is 3.41. The molecule has 0 atom stereocenters. The van der Waals surface area contributed by atoms with Crippen molar-refractivity contribution >= 4 is 5.91 Å². The molecular weight excluding hydrogens is 364 g/mol. The van der Waals surface area contributed by atoms with E-state index in [9.17, 15) is 15.0 Å². The molecule has 0 radical (unpaired) electrons. The summed E-state index contributed by atoms with van der Waals surface area (Å²) in [5.74, 6) is 0.322. The third-order valence-corrected chi connectivity index (χ3v) is 5.54. The van der Waals surface area contributed by atoms with E-state index in [1.54, 1.807) is 24.3 Å².